The maximum Gasteiger partial charge on any atom is 0.303 e. The van der Waals surface area contributed by atoms with Crippen LogP contribution in [0.5, 0.6) is 0 Å². The molecule has 0 aliphatic rings. The molecule has 0 aliphatic heterocycles. The Morgan fingerprint density at radius 1 is 1.25 bits per heavy atom. The lowest BCUT2D eigenvalue weighted by Crippen LogP contribution is -2.41. The smallest absolute Gasteiger partial charge is 0.303 e. The highest BCUT2D eigenvalue weighted by Crippen LogP contribution is 2.08. The summed E-state index contributed by atoms with van der Waals surface area (Å²) in [7, 11) is 1.74. The van der Waals surface area contributed by atoms with E-state index in [1.165, 1.54) is 0 Å². The van der Waals surface area contributed by atoms with E-state index in [0.717, 1.165) is 6.42 Å². The number of rotatable bonds is 8. The normalized spacial score (nSPS) is 14.2. The van der Waals surface area contributed by atoms with Gasteiger partial charge >= 0.3 is 5.97 Å². The summed E-state index contributed by atoms with van der Waals surface area (Å²) in [5, 5.41) is 14.2. The first kappa shape index (κ1) is 14.9. The van der Waals surface area contributed by atoms with Gasteiger partial charge in [-0.2, -0.15) is 0 Å². The number of carbonyl (C=O) groups is 2. The minimum Gasteiger partial charge on any atom is -0.481 e. The van der Waals surface area contributed by atoms with Gasteiger partial charge in [0.15, 0.2) is 0 Å². The van der Waals surface area contributed by atoms with Gasteiger partial charge in [0.1, 0.15) is 0 Å². The number of hydrogen-bond donors (Lipinski definition) is 3. The number of nitrogens with one attached hydrogen (secondary N) is 2. The lowest BCUT2D eigenvalue weighted by atomic mass is 10.0. The summed E-state index contributed by atoms with van der Waals surface area (Å²) in [4.78, 5) is 21.7. The first-order chi connectivity index (χ1) is 7.47. The maximum absolute atomic E-state index is 11.4. The quantitative estimate of drug-likeness (QED) is 0.570. The van der Waals surface area contributed by atoms with E-state index in [1.807, 2.05) is 6.92 Å². The molecular formula is C11H22N2O3. The molecule has 0 aromatic carbocycles. The number of carbonyl (C=O) groups excluding carboxylic acids is 1. The SMILES string of the molecule is CNC(C)C(=O)NCCC(C)CCC(=O)O. The van der Waals surface area contributed by atoms with Crippen molar-refractivity contribution in [1.29, 1.82) is 0 Å². The summed E-state index contributed by atoms with van der Waals surface area (Å²) in [5.41, 5.74) is 0. The van der Waals surface area contributed by atoms with Gasteiger partial charge in [0.05, 0.1) is 6.04 Å². The molecule has 5 heteroatoms. The van der Waals surface area contributed by atoms with Crippen molar-refractivity contribution in [2.75, 3.05) is 13.6 Å². The molecule has 1 amide bonds. The predicted octanol–water partition coefficient (Wildman–Crippen LogP) is 0.601. The number of likely N-dealkylation sites (N-methyl/N-ethyl adjacent to an activating group) is 1. The van der Waals surface area contributed by atoms with Crippen molar-refractivity contribution < 1.29 is 14.7 Å². The van der Waals surface area contributed by atoms with Crippen LogP contribution in [0.4, 0.5) is 0 Å². The van der Waals surface area contributed by atoms with Crippen LogP contribution in [0.2, 0.25) is 0 Å². The second-order valence-corrected chi connectivity index (χ2v) is 4.13. The second-order valence-electron chi connectivity index (χ2n) is 4.13. The van der Waals surface area contributed by atoms with E-state index in [4.69, 9.17) is 5.11 Å². The maximum atomic E-state index is 11.4. The van der Waals surface area contributed by atoms with E-state index in [2.05, 4.69) is 10.6 Å². The molecule has 3 N–H and O–H groups in total. The fourth-order valence-electron chi connectivity index (χ4n) is 1.24. The van der Waals surface area contributed by atoms with Crippen molar-refractivity contribution in [3.63, 3.8) is 0 Å². The topological polar surface area (TPSA) is 78.4 Å². The zero-order chi connectivity index (χ0) is 12.6. The van der Waals surface area contributed by atoms with Crippen molar-refractivity contribution in [3.8, 4) is 0 Å². The van der Waals surface area contributed by atoms with Gasteiger partial charge in [0.2, 0.25) is 5.91 Å². The predicted molar refractivity (Wildman–Crippen MR) is 62.2 cm³/mol. The molecule has 0 aliphatic carbocycles. The molecule has 0 fully saturated rings. The van der Waals surface area contributed by atoms with Crippen LogP contribution < -0.4 is 10.6 Å². The van der Waals surface area contributed by atoms with Crippen LogP contribution in [0.25, 0.3) is 0 Å². The Hall–Kier alpha value is -1.10. The number of aliphatic carboxylic acids is 1. The largest absolute Gasteiger partial charge is 0.481 e. The molecule has 0 radical (unpaired) electrons. The summed E-state index contributed by atoms with van der Waals surface area (Å²) in [6.07, 6.45) is 1.67. The first-order valence-electron chi connectivity index (χ1n) is 5.64. The van der Waals surface area contributed by atoms with E-state index in [9.17, 15) is 9.59 Å². The first-order valence-corrected chi connectivity index (χ1v) is 5.64. The van der Waals surface area contributed by atoms with Gasteiger partial charge in [-0.3, -0.25) is 9.59 Å². The van der Waals surface area contributed by atoms with E-state index in [1.54, 1.807) is 14.0 Å². The monoisotopic (exact) mass is 230 g/mol. The summed E-state index contributed by atoms with van der Waals surface area (Å²) >= 11 is 0. The highest BCUT2D eigenvalue weighted by molar-refractivity contribution is 5.81. The fraction of sp³-hybridized carbons (Fsp3) is 0.818. The summed E-state index contributed by atoms with van der Waals surface area (Å²) in [6, 6.07) is -0.186. The van der Waals surface area contributed by atoms with Crippen LogP contribution in [-0.2, 0) is 9.59 Å². The average Bonchev–Trinajstić information content (AvgIpc) is 2.24. The van der Waals surface area contributed by atoms with Gasteiger partial charge < -0.3 is 15.7 Å². The molecule has 0 saturated carbocycles. The lowest BCUT2D eigenvalue weighted by molar-refractivity contribution is -0.137. The number of carboxylic acids is 1. The van der Waals surface area contributed by atoms with Crippen molar-refractivity contribution in [3.05, 3.63) is 0 Å². The number of hydrogen-bond acceptors (Lipinski definition) is 3. The van der Waals surface area contributed by atoms with Gasteiger partial charge in [-0.05, 0) is 32.7 Å². The summed E-state index contributed by atoms with van der Waals surface area (Å²) < 4.78 is 0. The Bertz CT molecular complexity index is 231. The van der Waals surface area contributed by atoms with Crippen LogP contribution in [0.15, 0.2) is 0 Å². The summed E-state index contributed by atoms with van der Waals surface area (Å²) in [6.45, 7) is 4.39. The zero-order valence-corrected chi connectivity index (χ0v) is 10.2. The molecule has 5 nitrogen and oxygen atoms in total. The van der Waals surface area contributed by atoms with Gasteiger partial charge in [-0.1, -0.05) is 6.92 Å². The molecule has 0 spiro atoms. The summed E-state index contributed by atoms with van der Waals surface area (Å²) in [5.74, 6) is -0.464. The minimum atomic E-state index is -0.764. The van der Waals surface area contributed by atoms with Gasteiger partial charge in [0, 0.05) is 13.0 Å². The molecule has 0 heterocycles. The Morgan fingerprint density at radius 2 is 1.88 bits per heavy atom. The molecule has 2 unspecified atom stereocenters. The van der Waals surface area contributed by atoms with E-state index in [-0.39, 0.29) is 18.4 Å². The van der Waals surface area contributed by atoms with E-state index >= 15 is 0 Å². The third kappa shape index (κ3) is 7.23. The molecule has 0 bridgehead atoms. The number of carboxylic acid groups (broad SMARTS) is 1. The molecule has 0 saturated heterocycles. The van der Waals surface area contributed by atoms with Crippen LogP contribution in [0.1, 0.15) is 33.1 Å². The van der Waals surface area contributed by atoms with Crippen molar-refractivity contribution in [1.82, 2.24) is 10.6 Å². The van der Waals surface area contributed by atoms with Gasteiger partial charge in [-0.15, -0.1) is 0 Å². The highest BCUT2D eigenvalue weighted by atomic mass is 16.4. The van der Waals surface area contributed by atoms with Gasteiger partial charge in [-0.25, -0.2) is 0 Å². The Morgan fingerprint density at radius 3 is 2.38 bits per heavy atom. The van der Waals surface area contributed by atoms with Crippen molar-refractivity contribution >= 4 is 11.9 Å². The highest BCUT2D eigenvalue weighted by Gasteiger charge is 2.10. The molecule has 94 valence electrons. The van der Waals surface area contributed by atoms with Gasteiger partial charge in [0.25, 0.3) is 0 Å². The Balaban J connectivity index is 3.57. The minimum absolute atomic E-state index is 0.0204. The van der Waals surface area contributed by atoms with Crippen LogP contribution in [0.3, 0.4) is 0 Å². The molecular weight excluding hydrogens is 208 g/mol. The molecule has 0 rings (SSSR count). The molecule has 0 aromatic heterocycles. The van der Waals surface area contributed by atoms with Crippen LogP contribution in [-0.4, -0.2) is 36.6 Å². The standard InChI is InChI=1S/C11H22N2O3/c1-8(4-5-10(14)15)6-7-13-11(16)9(2)12-3/h8-9,12H,4-7H2,1-3H3,(H,13,16)(H,14,15). The van der Waals surface area contributed by atoms with Crippen molar-refractivity contribution in [2.24, 2.45) is 5.92 Å². The molecule has 0 aromatic rings. The molecule has 2 atom stereocenters. The average molecular weight is 230 g/mol. The third-order valence-electron chi connectivity index (χ3n) is 2.61. The Kier molecular flexibility index (Phi) is 7.54. The Labute approximate surface area is 96.6 Å². The van der Waals surface area contributed by atoms with E-state index < -0.39 is 5.97 Å². The lowest BCUT2D eigenvalue weighted by Gasteiger charge is -2.13. The third-order valence-corrected chi connectivity index (χ3v) is 2.61. The van der Waals surface area contributed by atoms with Crippen molar-refractivity contribution in [2.45, 2.75) is 39.2 Å². The zero-order valence-electron chi connectivity index (χ0n) is 10.2. The van der Waals surface area contributed by atoms with Crippen LogP contribution in [0, 0.1) is 5.92 Å². The number of amides is 1. The fourth-order valence-corrected chi connectivity index (χ4v) is 1.24. The molecule has 16 heavy (non-hydrogen) atoms. The van der Waals surface area contributed by atoms with E-state index in [0.29, 0.717) is 18.9 Å². The van der Waals surface area contributed by atoms with Crippen LogP contribution >= 0.6 is 0 Å². The second kappa shape index (κ2) is 8.10.